The Kier molecular flexibility index (Phi) is 5.86. The van der Waals surface area contributed by atoms with Crippen molar-refractivity contribution >= 4 is 11.7 Å². The van der Waals surface area contributed by atoms with E-state index in [1.807, 2.05) is 0 Å². The molecule has 1 N–H and O–H groups in total. The summed E-state index contributed by atoms with van der Waals surface area (Å²) >= 11 is 0. The summed E-state index contributed by atoms with van der Waals surface area (Å²) in [5.41, 5.74) is 1.60. The molecule has 0 saturated heterocycles. The molecule has 0 spiro atoms. The second-order valence-electron chi connectivity index (χ2n) is 7.85. The fourth-order valence-corrected chi connectivity index (χ4v) is 4.58. The highest BCUT2D eigenvalue weighted by atomic mass is 19.1. The normalized spacial score (nSPS) is 20.5. The lowest BCUT2D eigenvalue weighted by Crippen LogP contribution is -2.38. The lowest BCUT2D eigenvalue weighted by molar-refractivity contribution is -0.122. The minimum atomic E-state index is -0.817. The van der Waals surface area contributed by atoms with Crippen LogP contribution in [0.15, 0.2) is 41.6 Å². The highest BCUT2D eigenvalue weighted by Gasteiger charge is 2.39. The fraction of sp³-hybridized carbons (Fsp3) is 0.333. The summed E-state index contributed by atoms with van der Waals surface area (Å²) < 4.78 is 44.5. The number of carbonyl (C=O) groups excluding carboxylic acids is 2. The molecule has 2 aliphatic rings. The molecule has 1 heterocycles. The molecule has 0 radical (unpaired) electrons. The summed E-state index contributed by atoms with van der Waals surface area (Å²) in [6.45, 7) is 0. The van der Waals surface area contributed by atoms with Gasteiger partial charge < -0.3 is 19.5 Å². The van der Waals surface area contributed by atoms with Crippen LogP contribution in [0, 0.1) is 11.6 Å². The molecule has 0 saturated carbocycles. The summed E-state index contributed by atoms with van der Waals surface area (Å²) in [5.74, 6) is -1.52. The Morgan fingerprint density at radius 2 is 1.59 bits per heavy atom. The van der Waals surface area contributed by atoms with Gasteiger partial charge in [0.2, 0.25) is 11.7 Å². The van der Waals surface area contributed by atoms with Crippen LogP contribution in [-0.4, -0.2) is 33.0 Å². The van der Waals surface area contributed by atoms with Crippen molar-refractivity contribution in [3.63, 3.8) is 0 Å². The van der Waals surface area contributed by atoms with Gasteiger partial charge in [-0.3, -0.25) is 9.59 Å². The smallest absolute Gasteiger partial charge is 0.225 e. The SMILES string of the molecule is COc1cc([C@H]2CC(=O)C3=C(C2)NC(=O)C[C@@H]3c2cc(F)ccc2F)cc(OC)c1OC. The van der Waals surface area contributed by atoms with Crippen molar-refractivity contribution in [2.45, 2.75) is 31.1 Å². The Balaban J connectivity index is 1.75. The van der Waals surface area contributed by atoms with Crippen molar-refractivity contribution in [2.75, 3.05) is 21.3 Å². The number of amides is 1. The zero-order valence-electron chi connectivity index (χ0n) is 18.0. The molecule has 6 nitrogen and oxygen atoms in total. The summed E-state index contributed by atoms with van der Waals surface area (Å²) in [4.78, 5) is 25.6. The average molecular weight is 443 g/mol. The van der Waals surface area contributed by atoms with Gasteiger partial charge in [-0.1, -0.05) is 0 Å². The molecule has 0 fully saturated rings. The first-order chi connectivity index (χ1) is 15.4. The van der Waals surface area contributed by atoms with Crippen LogP contribution in [0.3, 0.4) is 0 Å². The standard InChI is InChI=1S/C24H23F2NO5/c1-30-20-8-13(9-21(31-2)24(20)32-3)12-6-18-23(19(28)7-12)16(11-22(29)27-18)15-10-14(25)4-5-17(15)26/h4-5,8-10,12,16H,6-7,11H2,1-3H3,(H,27,29)/t12-,16-/m1/s1. The summed E-state index contributed by atoms with van der Waals surface area (Å²) in [7, 11) is 4.52. The van der Waals surface area contributed by atoms with Crippen molar-refractivity contribution in [3.05, 3.63) is 64.4 Å². The van der Waals surface area contributed by atoms with Gasteiger partial charge in [0.15, 0.2) is 17.3 Å². The fourth-order valence-electron chi connectivity index (χ4n) is 4.58. The second-order valence-corrected chi connectivity index (χ2v) is 7.85. The number of methoxy groups -OCH3 is 3. The zero-order valence-corrected chi connectivity index (χ0v) is 18.0. The molecule has 4 rings (SSSR count). The second kappa shape index (κ2) is 8.61. The van der Waals surface area contributed by atoms with Gasteiger partial charge in [0.05, 0.1) is 21.3 Å². The Morgan fingerprint density at radius 1 is 0.906 bits per heavy atom. The Labute approximate surface area is 184 Å². The third kappa shape index (κ3) is 3.81. The minimum absolute atomic E-state index is 0.0203. The summed E-state index contributed by atoms with van der Waals surface area (Å²) in [6.07, 6.45) is 0.402. The Hall–Kier alpha value is -3.42. The van der Waals surface area contributed by atoms with Crippen molar-refractivity contribution < 1.29 is 32.6 Å². The first kappa shape index (κ1) is 21.8. The van der Waals surface area contributed by atoms with E-state index in [0.29, 0.717) is 34.9 Å². The van der Waals surface area contributed by atoms with Crippen molar-refractivity contribution in [1.82, 2.24) is 5.32 Å². The number of hydrogen-bond donors (Lipinski definition) is 1. The number of Topliss-reactive ketones (excluding diaryl/α,β-unsaturated/α-hetero) is 1. The monoisotopic (exact) mass is 443 g/mol. The largest absolute Gasteiger partial charge is 0.493 e. The number of rotatable bonds is 5. The predicted octanol–water partition coefficient (Wildman–Crippen LogP) is 3.99. The third-order valence-electron chi connectivity index (χ3n) is 6.03. The number of benzene rings is 2. The highest BCUT2D eigenvalue weighted by Crippen LogP contribution is 2.46. The van der Waals surface area contributed by atoms with Gasteiger partial charge >= 0.3 is 0 Å². The van der Waals surface area contributed by atoms with E-state index in [1.54, 1.807) is 12.1 Å². The van der Waals surface area contributed by atoms with E-state index >= 15 is 0 Å². The molecule has 2 aromatic carbocycles. The predicted molar refractivity (Wildman–Crippen MR) is 112 cm³/mol. The lowest BCUT2D eigenvalue weighted by atomic mass is 9.73. The van der Waals surface area contributed by atoms with Gasteiger partial charge in [-0.15, -0.1) is 0 Å². The Bertz CT molecular complexity index is 1100. The van der Waals surface area contributed by atoms with Crippen molar-refractivity contribution in [1.29, 1.82) is 0 Å². The van der Waals surface area contributed by atoms with Gasteiger partial charge in [-0.25, -0.2) is 8.78 Å². The van der Waals surface area contributed by atoms with Crippen LogP contribution in [0.1, 0.15) is 42.2 Å². The number of ether oxygens (including phenoxy) is 3. The van der Waals surface area contributed by atoms with E-state index in [2.05, 4.69) is 5.32 Å². The van der Waals surface area contributed by atoms with E-state index in [4.69, 9.17) is 14.2 Å². The van der Waals surface area contributed by atoms with Gasteiger partial charge in [-0.05, 0) is 53.8 Å². The third-order valence-corrected chi connectivity index (χ3v) is 6.03. The van der Waals surface area contributed by atoms with Gasteiger partial charge in [-0.2, -0.15) is 0 Å². The van der Waals surface area contributed by atoms with Gasteiger partial charge in [0.1, 0.15) is 11.6 Å². The maximum absolute atomic E-state index is 14.5. The quantitative estimate of drug-likeness (QED) is 0.756. The summed E-state index contributed by atoms with van der Waals surface area (Å²) in [5, 5.41) is 2.78. The summed E-state index contributed by atoms with van der Waals surface area (Å²) in [6, 6.07) is 6.64. The van der Waals surface area contributed by atoms with Crippen molar-refractivity contribution in [2.24, 2.45) is 0 Å². The maximum atomic E-state index is 14.5. The van der Waals surface area contributed by atoms with E-state index in [9.17, 15) is 18.4 Å². The molecular formula is C24H23F2NO5. The molecule has 1 aliphatic carbocycles. The number of carbonyl (C=O) groups is 2. The van der Waals surface area contributed by atoms with Gasteiger partial charge in [0, 0.05) is 30.0 Å². The average Bonchev–Trinajstić information content (AvgIpc) is 2.78. The van der Waals surface area contributed by atoms with Crippen LogP contribution >= 0.6 is 0 Å². The zero-order chi connectivity index (χ0) is 23.0. The Morgan fingerprint density at radius 3 is 2.22 bits per heavy atom. The van der Waals surface area contributed by atoms with Gasteiger partial charge in [0.25, 0.3) is 0 Å². The van der Waals surface area contributed by atoms with Crippen LogP contribution in [0.2, 0.25) is 0 Å². The lowest BCUT2D eigenvalue weighted by Gasteiger charge is -2.34. The number of halogens is 2. The molecule has 1 amide bonds. The topological polar surface area (TPSA) is 73.9 Å². The van der Waals surface area contributed by atoms with Crippen LogP contribution in [0.4, 0.5) is 8.78 Å². The minimum Gasteiger partial charge on any atom is -0.493 e. The number of nitrogens with one attached hydrogen (secondary N) is 1. The molecule has 0 bridgehead atoms. The molecule has 168 valence electrons. The van der Waals surface area contributed by atoms with Crippen LogP contribution in [-0.2, 0) is 9.59 Å². The van der Waals surface area contributed by atoms with E-state index in [-0.39, 0.29) is 36.0 Å². The molecular weight excluding hydrogens is 420 g/mol. The van der Waals surface area contributed by atoms with Crippen LogP contribution in [0.5, 0.6) is 17.2 Å². The van der Waals surface area contributed by atoms with Crippen LogP contribution < -0.4 is 19.5 Å². The van der Waals surface area contributed by atoms with Crippen molar-refractivity contribution in [3.8, 4) is 17.2 Å². The molecule has 0 unspecified atom stereocenters. The number of ketones is 1. The maximum Gasteiger partial charge on any atom is 0.225 e. The first-order valence-electron chi connectivity index (χ1n) is 10.2. The van der Waals surface area contributed by atoms with E-state index < -0.39 is 17.6 Å². The van der Waals surface area contributed by atoms with E-state index in [1.165, 1.54) is 21.3 Å². The molecule has 0 aromatic heterocycles. The number of hydrogen-bond acceptors (Lipinski definition) is 5. The molecule has 2 aromatic rings. The van der Waals surface area contributed by atoms with E-state index in [0.717, 1.165) is 23.8 Å². The molecule has 2 atom stereocenters. The highest BCUT2D eigenvalue weighted by molar-refractivity contribution is 6.02. The molecule has 32 heavy (non-hydrogen) atoms. The van der Waals surface area contributed by atoms with Crippen LogP contribution in [0.25, 0.3) is 0 Å². The first-order valence-corrected chi connectivity index (χ1v) is 10.2. The molecule has 8 heteroatoms. The number of allylic oxidation sites excluding steroid dienone is 2. The molecule has 1 aliphatic heterocycles.